The molecule has 4 aromatic heterocycles. The minimum Gasteiger partial charge on any atom is -0.383 e. The summed E-state index contributed by atoms with van der Waals surface area (Å²) in [5.41, 5.74) is 12.1. The van der Waals surface area contributed by atoms with Crippen LogP contribution in [-0.2, 0) is 6.42 Å². The van der Waals surface area contributed by atoms with Gasteiger partial charge < -0.3 is 20.5 Å². The number of hydrogen-bond acceptors (Lipinski definition) is 8. The fraction of sp³-hybridized carbons (Fsp3) is 0.400. The van der Waals surface area contributed by atoms with Crippen molar-refractivity contribution in [2.24, 2.45) is 5.92 Å². The molecule has 0 spiro atoms. The van der Waals surface area contributed by atoms with Gasteiger partial charge in [-0.1, -0.05) is 29.8 Å². The summed E-state index contributed by atoms with van der Waals surface area (Å²) in [4.78, 5) is 16.0. The Bertz CT molecular complexity index is 1490. The Morgan fingerprint density at radius 1 is 1.15 bits per heavy atom. The third-order valence-corrected chi connectivity index (χ3v) is 8.83. The molecule has 0 unspecified atom stereocenters. The molecule has 0 radical (unpaired) electrons. The highest BCUT2D eigenvalue weighted by molar-refractivity contribution is 7.13. The first-order chi connectivity index (χ1) is 19.7. The maximum Gasteiger partial charge on any atom is 0.146 e. The number of nitrogens with zero attached hydrogens (tertiary/aromatic N) is 6. The number of benzene rings is 1. The summed E-state index contributed by atoms with van der Waals surface area (Å²) in [6.07, 6.45) is 15.1. The molecule has 1 fully saturated rings. The molecule has 9 nitrogen and oxygen atoms in total. The lowest BCUT2D eigenvalue weighted by Crippen LogP contribution is -2.31. The number of thiazole rings is 1. The molecule has 40 heavy (non-hydrogen) atoms. The first-order valence-electron chi connectivity index (χ1n) is 14.2. The van der Waals surface area contributed by atoms with Crippen molar-refractivity contribution in [3.63, 3.8) is 0 Å². The van der Waals surface area contributed by atoms with Gasteiger partial charge in [0.05, 0.1) is 17.3 Å². The van der Waals surface area contributed by atoms with Gasteiger partial charge in [0.1, 0.15) is 22.8 Å². The highest BCUT2D eigenvalue weighted by Crippen LogP contribution is 2.41. The van der Waals surface area contributed by atoms with Gasteiger partial charge >= 0.3 is 0 Å². The van der Waals surface area contributed by atoms with Gasteiger partial charge in [-0.25, -0.2) is 15.0 Å². The molecule has 1 saturated carbocycles. The van der Waals surface area contributed by atoms with Gasteiger partial charge in [-0.2, -0.15) is 5.10 Å². The van der Waals surface area contributed by atoms with Crippen LogP contribution in [-0.4, -0.2) is 55.9 Å². The molecule has 4 heterocycles. The number of fused-ring (bicyclic) bond motifs is 1. The summed E-state index contributed by atoms with van der Waals surface area (Å²) >= 11 is 1.62. The normalized spacial score (nSPS) is 17.1. The lowest BCUT2D eigenvalue weighted by atomic mass is 10.1. The molecule has 1 aromatic carbocycles. The maximum absolute atomic E-state index is 6.33. The molecule has 6 rings (SSSR count). The molecule has 1 aliphatic rings. The zero-order valence-electron chi connectivity index (χ0n) is 23.0. The van der Waals surface area contributed by atoms with Crippen molar-refractivity contribution in [1.29, 1.82) is 0 Å². The van der Waals surface area contributed by atoms with E-state index < -0.39 is 0 Å². The molecule has 0 bridgehead atoms. The SMILES string of the molecule is Cc1ccc(CCNCCCN(C[C@@H]2CC[C@H](n3cc(-c4nccs4)c4c(N)ncnc43)C2)c2cn[nH]c2)cc1. The molecule has 0 amide bonds. The molecule has 0 aliphatic heterocycles. The van der Waals surface area contributed by atoms with Crippen LogP contribution in [0.4, 0.5) is 11.5 Å². The Morgan fingerprint density at radius 2 is 2.05 bits per heavy atom. The maximum atomic E-state index is 6.33. The summed E-state index contributed by atoms with van der Waals surface area (Å²) in [6.45, 7) is 6.16. The van der Waals surface area contributed by atoms with Crippen LogP contribution in [0.25, 0.3) is 21.6 Å². The smallest absolute Gasteiger partial charge is 0.146 e. The lowest BCUT2D eigenvalue weighted by molar-refractivity contribution is 0.476. The van der Waals surface area contributed by atoms with E-state index in [9.17, 15) is 0 Å². The van der Waals surface area contributed by atoms with Crippen molar-refractivity contribution >= 4 is 33.9 Å². The molecular weight excluding hydrogens is 518 g/mol. The predicted octanol–water partition coefficient (Wildman–Crippen LogP) is 5.24. The van der Waals surface area contributed by atoms with Gasteiger partial charge in [0.25, 0.3) is 0 Å². The van der Waals surface area contributed by atoms with Gasteiger partial charge in [0.2, 0.25) is 0 Å². The van der Waals surface area contributed by atoms with Crippen molar-refractivity contribution in [2.75, 3.05) is 36.8 Å². The highest BCUT2D eigenvalue weighted by atomic mass is 32.1. The summed E-state index contributed by atoms with van der Waals surface area (Å²) < 4.78 is 2.32. The van der Waals surface area contributed by atoms with Crippen LogP contribution in [0.1, 0.15) is 42.9 Å². The Kier molecular flexibility index (Phi) is 8.06. The molecule has 4 N–H and O–H groups in total. The van der Waals surface area contributed by atoms with Crippen molar-refractivity contribution in [2.45, 2.75) is 45.1 Å². The molecule has 1 aliphatic carbocycles. The summed E-state index contributed by atoms with van der Waals surface area (Å²) in [5.74, 6) is 1.11. The van der Waals surface area contributed by atoms with E-state index in [1.165, 1.54) is 23.2 Å². The second kappa shape index (κ2) is 12.2. The number of H-pyrrole nitrogens is 1. The third kappa shape index (κ3) is 5.88. The number of nitrogens with two attached hydrogens (primary N) is 1. The van der Waals surface area contributed by atoms with Crippen LogP contribution in [0, 0.1) is 12.8 Å². The van der Waals surface area contributed by atoms with Crippen LogP contribution < -0.4 is 16.0 Å². The van der Waals surface area contributed by atoms with Gasteiger partial charge in [-0.15, -0.1) is 11.3 Å². The van der Waals surface area contributed by atoms with Gasteiger partial charge in [-0.3, -0.25) is 5.10 Å². The number of anilines is 2. The number of nitrogens with one attached hydrogen (secondary N) is 2. The van der Waals surface area contributed by atoms with E-state index in [1.807, 2.05) is 24.0 Å². The molecule has 10 heteroatoms. The standard InChI is InChI=1S/C30H37N9S/c1-21-3-5-22(6-4-21)9-11-32-10-2-13-38(25-16-36-37-17-25)18-23-7-8-24(15-23)39-19-26(30-33-12-14-40-30)27-28(31)34-20-35-29(27)39/h3-6,12,14,16-17,19-20,23-24,32H,2,7-11,13,15,18H2,1H3,(H,36,37)(H2,31,34,35)/t23-,24+/m1/s1. The van der Waals surface area contributed by atoms with E-state index in [-0.39, 0.29) is 0 Å². The quantitative estimate of drug-likeness (QED) is 0.180. The fourth-order valence-corrected chi connectivity index (χ4v) is 6.59. The first-order valence-corrected chi connectivity index (χ1v) is 15.0. The average Bonchev–Trinajstić information content (AvgIpc) is 3.78. The van der Waals surface area contributed by atoms with Crippen LogP contribution in [0.15, 0.2) is 60.8 Å². The van der Waals surface area contributed by atoms with Crippen LogP contribution in [0.2, 0.25) is 0 Å². The van der Waals surface area contributed by atoms with Crippen LogP contribution >= 0.6 is 11.3 Å². The van der Waals surface area contributed by atoms with E-state index >= 15 is 0 Å². The molecule has 5 aromatic rings. The minimum absolute atomic E-state index is 0.380. The van der Waals surface area contributed by atoms with Crippen LogP contribution in [0.3, 0.4) is 0 Å². The minimum atomic E-state index is 0.380. The highest BCUT2D eigenvalue weighted by Gasteiger charge is 2.30. The Morgan fingerprint density at radius 3 is 2.85 bits per heavy atom. The third-order valence-electron chi connectivity index (χ3n) is 8.03. The van der Waals surface area contributed by atoms with E-state index in [2.05, 4.69) is 77.3 Å². The van der Waals surface area contributed by atoms with E-state index in [4.69, 9.17) is 5.73 Å². The van der Waals surface area contributed by atoms with E-state index in [0.29, 0.717) is 17.8 Å². The predicted molar refractivity (Wildman–Crippen MR) is 163 cm³/mol. The summed E-state index contributed by atoms with van der Waals surface area (Å²) in [7, 11) is 0. The van der Waals surface area contributed by atoms with Crippen molar-refractivity contribution < 1.29 is 0 Å². The first kappa shape index (κ1) is 26.5. The van der Waals surface area contributed by atoms with Crippen molar-refractivity contribution in [1.82, 2.24) is 35.0 Å². The number of nitrogen functional groups attached to an aromatic ring is 1. The molecule has 0 saturated heterocycles. The zero-order chi connectivity index (χ0) is 27.3. The number of aromatic nitrogens is 6. The van der Waals surface area contributed by atoms with Gasteiger partial charge in [0, 0.05) is 48.7 Å². The Labute approximate surface area is 238 Å². The van der Waals surface area contributed by atoms with E-state index in [0.717, 1.165) is 73.5 Å². The second-order valence-corrected chi connectivity index (χ2v) is 11.7. The summed E-state index contributed by atoms with van der Waals surface area (Å²) in [6, 6.07) is 9.21. The van der Waals surface area contributed by atoms with Gasteiger partial charge in [-0.05, 0) is 63.6 Å². The molecule has 208 valence electrons. The number of rotatable bonds is 12. The number of aryl methyl sites for hydroxylation is 1. The number of aromatic amines is 1. The monoisotopic (exact) mass is 555 g/mol. The fourth-order valence-electron chi connectivity index (χ4n) is 5.93. The Hall–Kier alpha value is -3.76. The second-order valence-electron chi connectivity index (χ2n) is 10.8. The average molecular weight is 556 g/mol. The summed E-state index contributed by atoms with van der Waals surface area (Å²) in [5, 5.41) is 14.7. The Balaban J connectivity index is 1.07. The largest absolute Gasteiger partial charge is 0.383 e. The van der Waals surface area contributed by atoms with Crippen molar-refractivity contribution in [3.05, 3.63) is 71.9 Å². The molecule has 2 atom stereocenters. The van der Waals surface area contributed by atoms with Gasteiger partial charge in [0.15, 0.2) is 0 Å². The molecular formula is C30H37N9S. The zero-order valence-corrected chi connectivity index (χ0v) is 23.8. The number of hydrogen-bond donors (Lipinski definition) is 3. The lowest BCUT2D eigenvalue weighted by Gasteiger charge is -2.26. The van der Waals surface area contributed by atoms with Crippen molar-refractivity contribution in [3.8, 4) is 10.6 Å². The van der Waals surface area contributed by atoms with E-state index in [1.54, 1.807) is 17.7 Å². The topological polar surface area (TPSA) is 114 Å². The van der Waals surface area contributed by atoms with Crippen LogP contribution in [0.5, 0.6) is 0 Å².